The highest BCUT2D eigenvalue weighted by atomic mass is 16.5. The lowest BCUT2D eigenvalue weighted by atomic mass is 10.00. The number of para-hydroxylation sites is 2. The van der Waals surface area contributed by atoms with E-state index in [4.69, 9.17) is 4.74 Å². The molecule has 0 saturated carbocycles. The van der Waals surface area contributed by atoms with Crippen LogP contribution in [0.1, 0.15) is 11.1 Å². The van der Waals surface area contributed by atoms with Gasteiger partial charge in [0, 0.05) is 52.4 Å². The number of aliphatic hydroxyl groups excluding tert-OH is 1. The molecule has 166 valence electrons. The van der Waals surface area contributed by atoms with Crippen LogP contribution in [0.4, 0.5) is 5.69 Å². The van der Waals surface area contributed by atoms with Crippen LogP contribution in [-0.2, 0) is 17.8 Å². The highest BCUT2D eigenvalue weighted by Gasteiger charge is 2.19. The van der Waals surface area contributed by atoms with Crippen LogP contribution in [0.15, 0.2) is 48.5 Å². The summed E-state index contributed by atoms with van der Waals surface area (Å²) < 4.78 is 5.81. The number of rotatable bonds is 8. The average Bonchev–Trinajstić information content (AvgIpc) is 2.82. The molecule has 1 saturated heterocycles. The lowest BCUT2D eigenvalue weighted by Gasteiger charge is -2.31. The minimum atomic E-state index is -0.609. The summed E-state index contributed by atoms with van der Waals surface area (Å²) in [6.07, 6.45) is 0.387. The van der Waals surface area contributed by atoms with Crippen LogP contribution in [0.25, 0.3) is 0 Å². The Morgan fingerprint density at radius 2 is 1.81 bits per heavy atom. The van der Waals surface area contributed by atoms with E-state index in [-0.39, 0.29) is 19.1 Å². The topological polar surface area (TPSA) is 77.1 Å². The van der Waals surface area contributed by atoms with Gasteiger partial charge in [0.25, 0.3) is 5.91 Å². The second-order valence-corrected chi connectivity index (χ2v) is 8.21. The summed E-state index contributed by atoms with van der Waals surface area (Å²) in [5.74, 6) is 0.491. The zero-order valence-electron chi connectivity index (χ0n) is 17.9. The second kappa shape index (κ2) is 10.6. The number of hydrogen-bond acceptors (Lipinski definition) is 6. The molecule has 1 atom stereocenters. The summed E-state index contributed by atoms with van der Waals surface area (Å²) in [6.45, 7) is 6.18. The maximum absolute atomic E-state index is 12.3. The molecule has 2 aromatic carbocycles. The van der Waals surface area contributed by atoms with Gasteiger partial charge in [0.2, 0.25) is 0 Å². The number of amides is 1. The molecular formula is C24H32N4O3. The number of β-amino-alcohol motifs (C(OH)–C–C–N with tert-alkyl or cyclic N) is 1. The Hall–Kier alpha value is -2.61. The van der Waals surface area contributed by atoms with Gasteiger partial charge in [-0.25, -0.2) is 0 Å². The van der Waals surface area contributed by atoms with E-state index in [2.05, 4.69) is 44.7 Å². The van der Waals surface area contributed by atoms with Gasteiger partial charge >= 0.3 is 0 Å². The van der Waals surface area contributed by atoms with Gasteiger partial charge in [-0.1, -0.05) is 36.4 Å². The number of fused-ring (bicyclic) bond motifs is 1. The Labute approximate surface area is 184 Å². The summed E-state index contributed by atoms with van der Waals surface area (Å²) in [5.41, 5.74) is 3.73. The monoisotopic (exact) mass is 424 g/mol. The Morgan fingerprint density at radius 1 is 1.06 bits per heavy atom. The predicted octanol–water partition coefficient (Wildman–Crippen LogP) is 1.01. The third kappa shape index (κ3) is 5.97. The molecule has 31 heavy (non-hydrogen) atoms. The van der Waals surface area contributed by atoms with Crippen LogP contribution < -0.4 is 20.3 Å². The van der Waals surface area contributed by atoms with E-state index >= 15 is 0 Å². The predicted molar refractivity (Wildman–Crippen MR) is 121 cm³/mol. The van der Waals surface area contributed by atoms with Gasteiger partial charge in [0.15, 0.2) is 6.61 Å². The summed E-state index contributed by atoms with van der Waals surface area (Å²) in [5, 5.41) is 16.5. The minimum Gasteiger partial charge on any atom is -0.482 e. The first-order chi connectivity index (χ1) is 15.2. The molecule has 7 heteroatoms. The molecule has 0 bridgehead atoms. The number of aliphatic hydroxyl groups is 1. The third-order valence-electron chi connectivity index (χ3n) is 5.90. The number of nitrogens with zero attached hydrogens (tertiary/aromatic N) is 2. The number of carbonyl (C=O) groups is 1. The summed E-state index contributed by atoms with van der Waals surface area (Å²) >= 11 is 0. The normalized spacial score (nSPS) is 17.6. The molecule has 0 radical (unpaired) electrons. The third-order valence-corrected chi connectivity index (χ3v) is 5.90. The number of piperazine rings is 1. The van der Waals surface area contributed by atoms with Crippen molar-refractivity contribution in [3.8, 4) is 5.75 Å². The van der Waals surface area contributed by atoms with Gasteiger partial charge in [-0.3, -0.25) is 9.69 Å². The van der Waals surface area contributed by atoms with Crippen molar-refractivity contribution in [2.24, 2.45) is 0 Å². The van der Waals surface area contributed by atoms with Crippen LogP contribution in [0.5, 0.6) is 5.75 Å². The van der Waals surface area contributed by atoms with E-state index in [0.29, 0.717) is 12.3 Å². The summed E-state index contributed by atoms with van der Waals surface area (Å²) in [6, 6.07) is 16.3. The van der Waals surface area contributed by atoms with Crippen molar-refractivity contribution in [2.75, 3.05) is 57.3 Å². The Kier molecular flexibility index (Phi) is 7.40. The number of hydrogen-bond donors (Lipinski definition) is 3. The van der Waals surface area contributed by atoms with Gasteiger partial charge in [-0.05, 0) is 29.7 Å². The fourth-order valence-electron chi connectivity index (χ4n) is 4.24. The second-order valence-electron chi connectivity index (χ2n) is 8.21. The first kappa shape index (κ1) is 21.6. The van der Waals surface area contributed by atoms with Crippen LogP contribution in [0, 0.1) is 0 Å². The van der Waals surface area contributed by atoms with Crippen LogP contribution in [0.2, 0.25) is 0 Å². The van der Waals surface area contributed by atoms with Crippen molar-refractivity contribution in [1.29, 1.82) is 0 Å². The first-order valence-corrected chi connectivity index (χ1v) is 11.1. The highest BCUT2D eigenvalue weighted by Crippen LogP contribution is 2.28. The highest BCUT2D eigenvalue weighted by molar-refractivity contribution is 5.77. The molecule has 7 nitrogen and oxygen atoms in total. The molecule has 0 spiro atoms. The zero-order valence-corrected chi connectivity index (χ0v) is 17.9. The number of anilines is 1. The van der Waals surface area contributed by atoms with Crippen molar-refractivity contribution in [3.63, 3.8) is 0 Å². The molecular weight excluding hydrogens is 392 g/mol. The molecule has 1 amide bonds. The van der Waals surface area contributed by atoms with Gasteiger partial charge in [0.05, 0.1) is 11.8 Å². The van der Waals surface area contributed by atoms with Gasteiger partial charge < -0.3 is 25.4 Å². The number of ether oxygens (including phenoxy) is 1. The van der Waals surface area contributed by atoms with Crippen molar-refractivity contribution >= 4 is 11.6 Å². The molecule has 4 rings (SSSR count). The fraction of sp³-hybridized carbons (Fsp3) is 0.458. The molecule has 1 fully saturated rings. The molecule has 0 unspecified atom stereocenters. The maximum atomic E-state index is 12.3. The van der Waals surface area contributed by atoms with E-state index in [1.54, 1.807) is 0 Å². The molecule has 0 aromatic heterocycles. The lowest BCUT2D eigenvalue weighted by molar-refractivity contribution is -0.123. The SMILES string of the molecule is O=C(COc1ccccc1N1CCNCC1)NC[C@@H](O)CN1CCc2ccccc2C1. The first-order valence-electron chi connectivity index (χ1n) is 11.1. The standard InChI is InChI=1S/C24H32N4O3/c29-21(17-27-12-9-19-5-1-2-6-20(19)16-27)15-26-24(30)18-31-23-8-4-3-7-22(23)28-13-10-25-11-14-28/h1-8,21,25,29H,9-18H2,(H,26,30)/t21-/m1/s1. The van der Waals surface area contributed by atoms with Gasteiger partial charge in [-0.15, -0.1) is 0 Å². The Balaban J connectivity index is 1.20. The largest absolute Gasteiger partial charge is 0.482 e. The summed E-state index contributed by atoms with van der Waals surface area (Å²) in [7, 11) is 0. The summed E-state index contributed by atoms with van der Waals surface area (Å²) in [4.78, 5) is 16.8. The van der Waals surface area contributed by atoms with Crippen molar-refractivity contribution in [2.45, 2.75) is 19.1 Å². The fourth-order valence-corrected chi connectivity index (χ4v) is 4.24. The number of nitrogens with one attached hydrogen (secondary N) is 2. The van der Waals surface area contributed by atoms with Crippen molar-refractivity contribution < 1.29 is 14.6 Å². The maximum Gasteiger partial charge on any atom is 0.258 e. The number of carbonyl (C=O) groups excluding carboxylic acids is 1. The molecule has 2 aromatic rings. The lowest BCUT2D eigenvalue weighted by Crippen LogP contribution is -2.44. The van der Waals surface area contributed by atoms with Gasteiger partial charge in [0.1, 0.15) is 5.75 Å². The molecule has 2 aliphatic heterocycles. The quantitative estimate of drug-likeness (QED) is 0.587. The van der Waals surface area contributed by atoms with Crippen LogP contribution in [0.3, 0.4) is 0 Å². The molecule has 0 aliphatic carbocycles. The van der Waals surface area contributed by atoms with E-state index in [1.807, 2.05) is 24.3 Å². The Bertz CT molecular complexity index is 869. The minimum absolute atomic E-state index is 0.0626. The molecule has 2 heterocycles. The van der Waals surface area contributed by atoms with Gasteiger partial charge in [-0.2, -0.15) is 0 Å². The number of benzene rings is 2. The average molecular weight is 425 g/mol. The van der Waals surface area contributed by atoms with E-state index in [0.717, 1.165) is 51.4 Å². The van der Waals surface area contributed by atoms with E-state index in [1.165, 1.54) is 11.1 Å². The van der Waals surface area contributed by atoms with Crippen molar-refractivity contribution in [3.05, 3.63) is 59.7 Å². The van der Waals surface area contributed by atoms with Crippen molar-refractivity contribution in [1.82, 2.24) is 15.5 Å². The smallest absolute Gasteiger partial charge is 0.258 e. The van der Waals surface area contributed by atoms with Crippen LogP contribution >= 0.6 is 0 Å². The van der Waals surface area contributed by atoms with Crippen LogP contribution in [-0.4, -0.2) is 74.4 Å². The zero-order chi connectivity index (χ0) is 21.5. The Morgan fingerprint density at radius 3 is 2.65 bits per heavy atom. The van der Waals surface area contributed by atoms with E-state index in [9.17, 15) is 9.90 Å². The molecule has 2 aliphatic rings. The van der Waals surface area contributed by atoms with E-state index < -0.39 is 6.10 Å². The molecule has 3 N–H and O–H groups in total.